The summed E-state index contributed by atoms with van der Waals surface area (Å²) >= 11 is 0. The van der Waals surface area contributed by atoms with E-state index >= 15 is 0 Å². The highest BCUT2D eigenvalue weighted by Gasteiger charge is 2.17. The molecule has 3 aromatic heterocycles. The lowest BCUT2D eigenvalue weighted by Gasteiger charge is -2.32. The lowest BCUT2D eigenvalue weighted by atomic mass is 9.92. The highest BCUT2D eigenvalue weighted by Crippen LogP contribution is 2.23. The van der Waals surface area contributed by atoms with Gasteiger partial charge in [0.15, 0.2) is 0 Å². The number of fused-ring (bicyclic) bond motifs is 3. The molecule has 31 heavy (non-hydrogen) atoms. The number of hydrogen-bond donors (Lipinski definition) is 0. The maximum Gasteiger partial charge on any atom is 0.262 e. The molecule has 0 saturated carbocycles. The van der Waals surface area contributed by atoms with E-state index in [1.54, 1.807) is 0 Å². The van der Waals surface area contributed by atoms with Crippen LogP contribution in [0.5, 0.6) is 0 Å². The van der Waals surface area contributed by atoms with Gasteiger partial charge in [0.2, 0.25) is 0 Å². The third kappa shape index (κ3) is 2.77. The smallest absolute Gasteiger partial charge is 0.262 e. The van der Waals surface area contributed by atoms with Gasteiger partial charge < -0.3 is 13.8 Å². The highest BCUT2D eigenvalue weighted by atomic mass is 15.4. The topological polar surface area (TPSA) is 53.5 Å². The molecular weight excluding hydrogens is 383 g/mol. The van der Waals surface area contributed by atoms with Crippen molar-refractivity contribution in [2.75, 3.05) is 0 Å². The standard InChI is InChI=1S/C24H21BN6/c1-16-4-7-22-19(10-16)13-26-29(22)25(30-23-8-5-17(2)11-20(23)14-27-30)31-24-9-6-18(3)12-21(24)15-28-31/h4-15H,1-3H3/q-1. The Balaban J connectivity index is 1.67. The summed E-state index contributed by atoms with van der Waals surface area (Å²) in [5.41, 5.74) is 6.77. The summed E-state index contributed by atoms with van der Waals surface area (Å²) in [5.74, 6) is 0. The van der Waals surface area contributed by atoms with E-state index in [2.05, 4.69) is 75.4 Å². The van der Waals surface area contributed by atoms with Gasteiger partial charge in [-0.1, -0.05) is 34.9 Å². The van der Waals surface area contributed by atoms with Crippen LogP contribution in [-0.4, -0.2) is 36.2 Å². The average molecular weight is 404 g/mol. The Morgan fingerprint density at radius 3 is 1.16 bits per heavy atom. The summed E-state index contributed by atoms with van der Waals surface area (Å²) in [6.07, 6.45) is 5.75. The van der Waals surface area contributed by atoms with Crippen LogP contribution in [0.3, 0.4) is 0 Å². The average Bonchev–Trinajstić information content (AvgIpc) is 3.46. The van der Waals surface area contributed by atoms with Crippen LogP contribution in [-0.2, 0) is 0 Å². The Morgan fingerprint density at radius 2 is 0.839 bits per heavy atom. The first-order valence-electron chi connectivity index (χ1n) is 10.4. The molecule has 0 aliphatic heterocycles. The van der Waals surface area contributed by atoms with E-state index in [0.29, 0.717) is 0 Å². The predicted molar refractivity (Wildman–Crippen MR) is 125 cm³/mol. The Morgan fingerprint density at radius 1 is 0.516 bits per heavy atom. The molecule has 6 nitrogen and oxygen atoms in total. The molecule has 1 radical (unpaired) electrons. The van der Waals surface area contributed by atoms with E-state index in [0.717, 1.165) is 32.7 Å². The molecule has 3 heterocycles. The molecule has 6 rings (SSSR count). The molecule has 0 fully saturated rings. The quantitative estimate of drug-likeness (QED) is 0.406. The second-order valence-electron chi connectivity index (χ2n) is 8.30. The van der Waals surface area contributed by atoms with Gasteiger partial charge in [-0.2, -0.15) is 0 Å². The summed E-state index contributed by atoms with van der Waals surface area (Å²) in [5, 5.41) is 17.7. The molecule has 6 aromatic rings. The van der Waals surface area contributed by atoms with Crippen LogP contribution in [0.4, 0.5) is 0 Å². The fourth-order valence-electron chi connectivity index (χ4n) is 4.38. The molecule has 0 spiro atoms. The minimum absolute atomic E-state index is 0.374. The molecule has 0 aliphatic carbocycles. The first-order valence-corrected chi connectivity index (χ1v) is 10.4. The van der Waals surface area contributed by atoms with Crippen LogP contribution in [0.15, 0.2) is 73.2 Å². The van der Waals surface area contributed by atoms with Crippen molar-refractivity contribution in [1.82, 2.24) is 29.1 Å². The normalized spacial score (nSPS) is 12.0. The van der Waals surface area contributed by atoms with Gasteiger partial charge in [-0.3, -0.25) is 0 Å². The monoisotopic (exact) mass is 404 g/mol. The third-order valence-corrected chi connectivity index (χ3v) is 5.91. The first-order chi connectivity index (χ1) is 15.1. The Bertz CT molecular complexity index is 1400. The zero-order chi connectivity index (χ0) is 21.1. The van der Waals surface area contributed by atoms with Crippen LogP contribution >= 0.6 is 0 Å². The SMILES string of the molecule is Cc1ccc2c(cnn2[B-](n2ncc3cc(C)ccc32)n2ncc3cc(C)ccc32)c1. The molecule has 0 N–H and O–H groups in total. The van der Waals surface area contributed by atoms with Crippen molar-refractivity contribution in [3.05, 3.63) is 89.9 Å². The van der Waals surface area contributed by atoms with Gasteiger partial charge in [0.05, 0.1) is 18.6 Å². The van der Waals surface area contributed by atoms with Gasteiger partial charge in [0.1, 0.15) is 0 Å². The zero-order valence-electron chi connectivity index (χ0n) is 17.7. The molecule has 0 atom stereocenters. The maximum atomic E-state index is 4.79. The Kier molecular flexibility index (Phi) is 3.80. The van der Waals surface area contributed by atoms with Gasteiger partial charge in [0, 0.05) is 32.7 Å². The number of aryl methyl sites for hydroxylation is 3. The molecule has 7 heteroatoms. The largest absolute Gasteiger partial charge is 0.419 e. The minimum atomic E-state index is -0.374. The van der Waals surface area contributed by atoms with Crippen molar-refractivity contribution in [1.29, 1.82) is 0 Å². The summed E-state index contributed by atoms with van der Waals surface area (Å²) in [4.78, 5) is 0. The second-order valence-corrected chi connectivity index (χ2v) is 8.30. The number of aromatic nitrogens is 6. The van der Waals surface area contributed by atoms with E-state index in [9.17, 15) is 0 Å². The van der Waals surface area contributed by atoms with E-state index in [4.69, 9.17) is 15.3 Å². The number of rotatable bonds is 3. The summed E-state index contributed by atoms with van der Waals surface area (Å²) in [6, 6.07) is 19.2. The van der Waals surface area contributed by atoms with Gasteiger partial charge >= 0.3 is 0 Å². The van der Waals surface area contributed by atoms with Gasteiger partial charge in [-0.05, 0) is 57.2 Å². The van der Waals surface area contributed by atoms with Gasteiger partial charge in [-0.15, -0.1) is 0 Å². The summed E-state index contributed by atoms with van der Waals surface area (Å²) in [6.45, 7) is 6.29. The molecule has 0 saturated heterocycles. The van der Waals surface area contributed by atoms with Crippen LogP contribution in [0.1, 0.15) is 16.7 Å². The van der Waals surface area contributed by atoms with Crippen LogP contribution < -0.4 is 0 Å². The maximum absolute atomic E-state index is 4.79. The zero-order valence-corrected chi connectivity index (χ0v) is 17.7. The predicted octanol–water partition coefficient (Wildman–Crippen LogP) is 4.59. The van der Waals surface area contributed by atoms with Crippen molar-refractivity contribution >= 4 is 39.8 Å². The van der Waals surface area contributed by atoms with Crippen LogP contribution in [0, 0.1) is 20.8 Å². The van der Waals surface area contributed by atoms with Crippen molar-refractivity contribution in [2.45, 2.75) is 20.8 Å². The third-order valence-electron chi connectivity index (χ3n) is 5.91. The van der Waals surface area contributed by atoms with Crippen molar-refractivity contribution < 1.29 is 0 Å². The number of nitrogens with zero attached hydrogens (tertiary/aromatic N) is 6. The van der Waals surface area contributed by atoms with Crippen molar-refractivity contribution in [3.63, 3.8) is 0 Å². The lowest BCUT2D eigenvalue weighted by molar-refractivity contribution is 0.805. The Hall–Kier alpha value is -3.87. The molecule has 0 aliphatic rings. The van der Waals surface area contributed by atoms with Crippen molar-refractivity contribution in [3.8, 4) is 0 Å². The van der Waals surface area contributed by atoms with E-state index in [1.807, 2.05) is 32.4 Å². The summed E-state index contributed by atoms with van der Waals surface area (Å²) < 4.78 is 6.02. The lowest BCUT2D eigenvalue weighted by Crippen LogP contribution is -2.43. The molecule has 0 bridgehead atoms. The first kappa shape index (κ1) is 17.9. The fourth-order valence-corrected chi connectivity index (χ4v) is 4.38. The molecule has 0 unspecified atom stereocenters. The van der Waals surface area contributed by atoms with E-state index < -0.39 is 0 Å². The fraction of sp³-hybridized carbons (Fsp3) is 0.125. The molecule has 151 valence electrons. The summed E-state index contributed by atoms with van der Waals surface area (Å²) in [7, 11) is -0.374. The minimum Gasteiger partial charge on any atom is -0.419 e. The van der Waals surface area contributed by atoms with Crippen LogP contribution in [0.25, 0.3) is 32.7 Å². The van der Waals surface area contributed by atoms with Crippen LogP contribution in [0.2, 0.25) is 0 Å². The van der Waals surface area contributed by atoms with Crippen molar-refractivity contribution in [2.24, 2.45) is 0 Å². The second kappa shape index (κ2) is 6.57. The highest BCUT2D eigenvalue weighted by molar-refractivity contribution is 6.56. The number of hydrogen-bond acceptors (Lipinski definition) is 3. The molecule has 3 aromatic carbocycles. The Labute approximate surface area is 179 Å². The number of benzene rings is 3. The van der Waals surface area contributed by atoms with E-state index in [-0.39, 0.29) is 7.12 Å². The van der Waals surface area contributed by atoms with E-state index in [1.165, 1.54) is 16.7 Å². The molecular formula is C24H21BN6-. The van der Waals surface area contributed by atoms with Gasteiger partial charge in [-0.25, -0.2) is 15.3 Å². The molecule has 0 amide bonds. The van der Waals surface area contributed by atoms with Gasteiger partial charge in [0.25, 0.3) is 7.12 Å².